The Balaban J connectivity index is 2.03. The quantitative estimate of drug-likeness (QED) is 0.860. The zero-order valence-electron chi connectivity index (χ0n) is 10.5. The van der Waals surface area contributed by atoms with Gasteiger partial charge >= 0.3 is 0 Å². The first-order chi connectivity index (χ1) is 9.17. The number of fused-ring (bicyclic) bond motifs is 1. The van der Waals surface area contributed by atoms with E-state index >= 15 is 0 Å². The van der Waals surface area contributed by atoms with E-state index in [1.807, 2.05) is 22.9 Å². The molecule has 6 heteroatoms. The van der Waals surface area contributed by atoms with Crippen molar-refractivity contribution in [3.8, 4) is 0 Å². The third-order valence-corrected chi connectivity index (χ3v) is 3.41. The van der Waals surface area contributed by atoms with E-state index in [0.717, 1.165) is 23.2 Å². The lowest BCUT2D eigenvalue weighted by Crippen LogP contribution is -2.20. The maximum atomic E-state index is 11.5. The molecule has 1 aliphatic rings. The number of nitrogens with zero attached hydrogens (tertiary/aromatic N) is 2. The van der Waals surface area contributed by atoms with Gasteiger partial charge in [0.1, 0.15) is 6.10 Å². The van der Waals surface area contributed by atoms with Crippen molar-refractivity contribution in [2.24, 2.45) is 0 Å². The number of carbonyl (C=O) groups is 1. The van der Waals surface area contributed by atoms with Crippen LogP contribution in [0.15, 0.2) is 18.2 Å². The smallest absolute Gasteiger partial charge is 0.225 e. The molecule has 1 N–H and O–H groups in total. The first-order valence-electron chi connectivity index (χ1n) is 6.14. The Morgan fingerprint density at radius 2 is 2.42 bits per heavy atom. The van der Waals surface area contributed by atoms with Crippen LogP contribution in [0.5, 0.6) is 0 Å². The van der Waals surface area contributed by atoms with Crippen LogP contribution in [0.2, 0.25) is 5.02 Å². The number of rotatable bonds is 4. The predicted octanol–water partition coefficient (Wildman–Crippen LogP) is 1.38. The van der Waals surface area contributed by atoms with Crippen LogP contribution in [-0.2, 0) is 22.5 Å². The molecule has 0 saturated carbocycles. The van der Waals surface area contributed by atoms with Gasteiger partial charge in [0.15, 0.2) is 0 Å². The SMILES string of the molecule is CNC(=O)Cc1nn(CC2CO2)c2ccc(Cl)cc12. The van der Waals surface area contributed by atoms with E-state index in [-0.39, 0.29) is 18.4 Å². The zero-order valence-corrected chi connectivity index (χ0v) is 11.3. The van der Waals surface area contributed by atoms with Crippen molar-refractivity contribution in [1.29, 1.82) is 0 Å². The molecule has 1 saturated heterocycles. The van der Waals surface area contributed by atoms with Crippen molar-refractivity contribution in [2.75, 3.05) is 13.7 Å². The van der Waals surface area contributed by atoms with Gasteiger partial charge in [-0.05, 0) is 18.2 Å². The van der Waals surface area contributed by atoms with Crippen molar-refractivity contribution in [2.45, 2.75) is 19.1 Å². The number of halogens is 1. The molecule has 0 aliphatic carbocycles. The molecule has 0 bridgehead atoms. The van der Waals surface area contributed by atoms with E-state index in [1.165, 1.54) is 0 Å². The lowest BCUT2D eigenvalue weighted by atomic mass is 10.1. The molecule has 0 radical (unpaired) electrons. The molecule has 1 aromatic heterocycles. The van der Waals surface area contributed by atoms with Gasteiger partial charge < -0.3 is 10.1 Å². The number of amides is 1. The van der Waals surface area contributed by atoms with E-state index in [0.29, 0.717) is 11.6 Å². The molecular formula is C13H14ClN3O2. The normalized spacial score (nSPS) is 17.7. The van der Waals surface area contributed by atoms with Crippen LogP contribution in [0.4, 0.5) is 0 Å². The highest BCUT2D eigenvalue weighted by molar-refractivity contribution is 6.31. The summed E-state index contributed by atoms with van der Waals surface area (Å²) in [6, 6.07) is 5.62. The maximum absolute atomic E-state index is 11.5. The van der Waals surface area contributed by atoms with E-state index in [2.05, 4.69) is 10.4 Å². The Labute approximate surface area is 115 Å². The average molecular weight is 280 g/mol. The van der Waals surface area contributed by atoms with Gasteiger partial charge in [-0.1, -0.05) is 11.6 Å². The highest BCUT2D eigenvalue weighted by Gasteiger charge is 2.25. The number of aromatic nitrogens is 2. The van der Waals surface area contributed by atoms with Crippen LogP contribution in [0.1, 0.15) is 5.69 Å². The Morgan fingerprint density at radius 1 is 1.63 bits per heavy atom. The summed E-state index contributed by atoms with van der Waals surface area (Å²) < 4.78 is 7.12. The van der Waals surface area contributed by atoms with Gasteiger partial charge in [0.2, 0.25) is 5.91 Å². The topological polar surface area (TPSA) is 59.5 Å². The number of carbonyl (C=O) groups excluding carboxylic acids is 1. The molecule has 2 heterocycles. The molecule has 1 atom stereocenters. The summed E-state index contributed by atoms with van der Waals surface area (Å²) >= 11 is 6.03. The summed E-state index contributed by atoms with van der Waals surface area (Å²) in [7, 11) is 1.62. The van der Waals surface area contributed by atoms with Gasteiger partial charge in [0.25, 0.3) is 0 Å². The third-order valence-electron chi connectivity index (χ3n) is 3.17. The minimum atomic E-state index is -0.0609. The standard InChI is InChI=1S/C13H14ClN3O2/c1-15-13(18)5-11-10-4-8(14)2-3-12(10)17(16-11)6-9-7-19-9/h2-4,9H,5-7H2,1H3,(H,15,18). The fourth-order valence-corrected chi connectivity index (χ4v) is 2.27. The summed E-state index contributed by atoms with van der Waals surface area (Å²) in [4.78, 5) is 11.5. The highest BCUT2D eigenvalue weighted by Crippen LogP contribution is 2.25. The van der Waals surface area contributed by atoms with Crippen LogP contribution >= 0.6 is 11.6 Å². The van der Waals surface area contributed by atoms with Crippen molar-refractivity contribution >= 4 is 28.4 Å². The molecule has 5 nitrogen and oxygen atoms in total. The van der Waals surface area contributed by atoms with E-state index < -0.39 is 0 Å². The van der Waals surface area contributed by atoms with Crippen LogP contribution < -0.4 is 5.32 Å². The van der Waals surface area contributed by atoms with Crippen LogP contribution in [0.25, 0.3) is 10.9 Å². The summed E-state index contributed by atoms with van der Waals surface area (Å²) in [5.74, 6) is -0.0609. The first-order valence-corrected chi connectivity index (χ1v) is 6.52. The Hall–Kier alpha value is -1.59. The molecule has 1 amide bonds. The minimum absolute atomic E-state index is 0.0609. The number of hydrogen-bond donors (Lipinski definition) is 1. The van der Waals surface area contributed by atoms with Crippen LogP contribution in [-0.4, -0.2) is 35.4 Å². The lowest BCUT2D eigenvalue weighted by Gasteiger charge is -1.99. The fourth-order valence-electron chi connectivity index (χ4n) is 2.09. The number of epoxide rings is 1. The van der Waals surface area contributed by atoms with E-state index in [4.69, 9.17) is 16.3 Å². The number of hydrogen-bond acceptors (Lipinski definition) is 3. The third kappa shape index (κ3) is 2.57. The number of nitrogens with one attached hydrogen (secondary N) is 1. The van der Waals surface area contributed by atoms with Gasteiger partial charge in [0, 0.05) is 17.5 Å². The number of benzene rings is 1. The van der Waals surface area contributed by atoms with Gasteiger partial charge in [-0.2, -0.15) is 5.10 Å². The molecule has 100 valence electrons. The molecule has 1 aromatic carbocycles. The van der Waals surface area contributed by atoms with E-state index in [1.54, 1.807) is 7.05 Å². The summed E-state index contributed by atoms with van der Waals surface area (Å²) in [6.07, 6.45) is 0.498. The molecular weight excluding hydrogens is 266 g/mol. The van der Waals surface area contributed by atoms with Gasteiger partial charge in [-0.3, -0.25) is 9.48 Å². The van der Waals surface area contributed by atoms with Crippen LogP contribution in [0, 0.1) is 0 Å². The Bertz CT molecular complexity index is 634. The molecule has 1 aliphatic heterocycles. The number of likely N-dealkylation sites (N-methyl/N-ethyl adjacent to an activating group) is 1. The lowest BCUT2D eigenvalue weighted by molar-refractivity contribution is -0.119. The molecule has 1 unspecified atom stereocenters. The predicted molar refractivity (Wildman–Crippen MR) is 72.3 cm³/mol. The number of ether oxygens (including phenoxy) is 1. The first kappa shape index (κ1) is 12.4. The largest absolute Gasteiger partial charge is 0.371 e. The fraction of sp³-hybridized carbons (Fsp3) is 0.385. The molecule has 0 spiro atoms. The maximum Gasteiger partial charge on any atom is 0.225 e. The van der Waals surface area contributed by atoms with Gasteiger partial charge in [-0.15, -0.1) is 0 Å². The van der Waals surface area contributed by atoms with Gasteiger partial charge in [-0.25, -0.2) is 0 Å². The van der Waals surface area contributed by atoms with Crippen LogP contribution in [0.3, 0.4) is 0 Å². The second-order valence-corrected chi connectivity index (χ2v) is 5.03. The molecule has 1 fully saturated rings. The summed E-state index contributed by atoms with van der Waals surface area (Å²) in [5, 5.41) is 8.70. The molecule has 2 aromatic rings. The highest BCUT2D eigenvalue weighted by atomic mass is 35.5. The Morgan fingerprint density at radius 3 is 3.11 bits per heavy atom. The van der Waals surface area contributed by atoms with Gasteiger partial charge in [0.05, 0.1) is 30.8 Å². The van der Waals surface area contributed by atoms with Crippen molar-refractivity contribution in [1.82, 2.24) is 15.1 Å². The second kappa shape index (κ2) is 4.83. The monoisotopic (exact) mass is 279 g/mol. The van der Waals surface area contributed by atoms with Crippen molar-refractivity contribution in [3.05, 3.63) is 28.9 Å². The average Bonchev–Trinajstić information content (AvgIpc) is 3.15. The van der Waals surface area contributed by atoms with E-state index in [9.17, 15) is 4.79 Å². The zero-order chi connectivity index (χ0) is 13.4. The van der Waals surface area contributed by atoms with Crippen molar-refractivity contribution < 1.29 is 9.53 Å². The van der Waals surface area contributed by atoms with Crippen molar-refractivity contribution in [3.63, 3.8) is 0 Å². The molecule has 19 heavy (non-hydrogen) atoms. The summed E-state index contributed by atoms with van der Waals surface area (Å²) in [6.45, 7) is 1.49. The Kier molecular flexibility index (Phi) is 3.16. The second-order valence-electron chi connectivity index (χ2n) is 4.60. The molecule has 3 rings (SSSR count). The minimum Gasteiger partial charge on any atom is -0.371 e. The summed E-state index contributed by atoms with van der Waals surface area (Å²) in [5.41, 5.74) is 1.73.